The van der Waals surface area contributed by atoms with Gasteiger partial charge in [-0.15, -0.1) is 0 Å². The van der Waals surface area contributed by atoms with Gasteiger partial charge in [0, 0.05) is 12.6 Å². The van der Waals surface area contributed by atoms with Gasteiger partial charge < -0.3 is 10.0 Å². The third-order valence-corrected chi connectivity index (χ3v) is 3.55. The summed E-state index contributed by atoms with van der Waals surface area (Å²) in [5.41, 5.74) is 1.39. The molecule has 1 aromatic heterocycles. The van der Waals surface area contributed by atoms with Gasteiger partial charge in [0.15, 0.2) is 0 Å². The van der Waals surface area contributed by atoms with Crippen LogP contribution in [0.15, 0.2) is 18.3 Å². The number of aromatic nitrogens is 2. The predicted octanol–water partition coefficient (Wildman–Crippen LogP) is 3.14. The molecule has 0 atom stereocenters. The maximum absolute atomic E-state index is 9.11. The van der Waals surface area contributed by atoms with Crippen LogP contribution in [0.3, 0.4) is 0 Å². The highest BCUT2D eigenvalue weighted by Gasteiger charge is 2.13. The van der Waals surface area contributed by atoms with Crippen molar-refractivity contribution in [3.8, 4) is 0 Å². The molecular weight excluding hydrogens is 285 g/mol. The number of aliphatic hydroxyl groups is 1. The van der Waals surface area contributed by atoms with E-state index >= 15 is 0 Å². The molecule has 19 heavy (non-hydrogen) atoms. The normalized spacial score (nSPS) is 11.3. The summed E-state index contributed by atoms with van der Waals surface area (Å²) < 4.78 is 0. The Morgan fingerprint density at radius 2 is 1.84 bits per heavy atom. The first-order chi connectivity index (χ1) is 9.02. The maximum atomic E-state index is 9.11. The van der Waals surface area contributed by atoms with Gasteiger partial charge in [-0.1, -0.05) is 23.2 Å². The van der Waals surface area contributed by atoms with Gasteiger partial charge in [0.05, 0.1) is 33.9 Å². The summed E-state index contributed by atoms with van der Waals surface area (Å²) in [7, 11) is 0. The molecule has 0 aliphatic rings. The fourth-order valence-corrected chi connectivity index (χ4v) is 2.20. The average molecular weight is 300 g/mol. The molecule has 0 aliphatic carbocycles. The second kappa shape index (κ2) is 5.90. The minimum atomic E-state index is 0.0687. The second-order valence-electron chi connectivity index (χ2n) is 4.49. The summed E-state index contributed by atoms with van der Waals surface area (Å²) in [5.74, 6) is 0.718. The number of anilines is 1. The zero-order valence-corrected chi connectivity index (χ0v) is 12.3. The molecule has 4 nitrogen and oxygen atoms in total. The fraction of sp³-hybridized carbons (Fsp3) is 0.385. The smallest absolute Gasteiger partial charge is 0.148 e. The zero-order chi connectivity index (χ0) is 14.0. The van der Waals surface area contributed by atoms with Gasteiger partial charge in [-0.3, -0.25) is 4.98 Å². The summed E-state index contributed by atoms with van der Waals surface area (Å²) >= 11 is 11.9. The third-order valence-electron chi connectivity index (χ3n) is 2.83. The summed E-state index contributed by atoms with van der Waals surface area (Å²) in [4.78, 5) is 10.8. The van der Waals surface area contributed by atoms with Crippen molar-refractivity contribution < 1.29 is 5.11 Å². The van der Waals surface area contributed by atoms with Crippen LogP contribution in [0, 0.1) is 0 Å². The molecular formula is C13H15Cl2N3O. The molecule has 0 bridgehead atoms. The van der Waals surface area contributed by atoms with E-state index in [0.717, 1.165) is 5.82 Å². The number of rotatable bonds is 4. The minimum absolute atomic E-state index is 0.0687. The molecule has 0 saturated carbocycles. The van der Waals surface area contributed by atoms with Crippen LogP contribution in [0.1, 0.15) is 13.8 Å². The number of halogens is 2. The lowest BCUT2D eigenvalue weighted by atomic mass is 10.3. The van der Waals surface area contributed by atoms with Crippen molar-refractivity contribution in [2.75, 3.05) is 18.1 Å². The van der Waals surface area contributed by atoms with Crippen molar-refractivity contribution >= 4 is 40.1 Å². The Balaban J connectivity index is 2.47. The summed E-state index contributed by atoms with van der Waals surface area (Å²) in [5, 5.41) is 10.0. The zero-order valence-electron chi connectivity index (χ0n) is 10.8. The molecule has 0 fully saturated rings. The predicted molar refractivity (Wildman–Crippen MR) is 79.1 cm³/mol. The Kier molecular flexibility index (Phi) is 4.45. The van der Waals surface area contributed by atoms with E-state index in [0.29, 0.717) is 27.6 Å². The molecule has 2 rings (SSSR count). The highest BCUT2D eigenvalue weighted by atomic mass is 35.5. The lowest BCUT2D eigenvalue weighted by molar-refractivity contribution is 0.298. The SMILES string of the molecule is CC(C)N(CCO)c1cnc2cc(Cl)c(Cl)cc2n1. The van der Waals surface area contributed by atoms with Gasteiger partial charge in [-0.05, 0) is 26.0 Å². The molecule has 0 spiro atoms. The van der Waals surface area contributed by atoms with Gasteiger partial charge in [-0.25, -0.2) is 4.98 Å². The first-order valence-corrected chi connectivity index (χ1v) is 6.78. The van der Waals surface area contributed by atoms with Gasteiger partial charge in [0.2, 0.25) is 0 Å². The molecule has 1 aromatic carbocycles. The average Bonchev–Trinajstić information content (AvgIpc) is 2.36. The Bertz CT molecular complexity index is 589. The van der Waals surface area contributed by atoms with Crippen molar-refractivity contribution in [2.24, 2.45) is 0 Å². The Labute approximate surface area is 122 Å². The van der Waals surface area contributed by atoms with Gasteiger partial charge >= 0.3 is 0 Å². The molecule has 0 radical (unpaired) electrons. The molecule has 102 valence electrons. The van der Waals surface area contributed by atoms with Crippen LogP contribution in [-0.4, -0.2) is 34.3 Å². The number of hydrogen-bond donors (Lipinski definition) is 1. The van der Waals surface area contributed by atoms with Crippen molar-refractivity contribution in [1.29, 1.82) is 0 Å². The van der Waals surface area contributed by atoms with Gasteiger partial charge in [0.25, 0.3) is 0 Å². The van der Waals surface area contributed by atoms with Crippen LogP contribution in [0.4, 0.5) is 5.82 Å². The van der Waals surface area contributed by atoms with E-state index < -0.39 is 0 Å². The molecule has 1 N–H and O–H groups in total. The monoisotopic (exact) mass is 299 g/mol. The van der Waals surface area contributed by atoms with E-state index in [1.54, 1.807) is 18.3 Å². The molecule has 0 aliphatic heterocycles. The molecule has 0 amide bonds. The fourth-order valence-electron chi connectivity index (χ4n) is 1.88. The quantitative estimate of drug-likeness (QED) is 0.942. The molecule has 2 aromatic rings. The second-order valence-corrected chi connectivity index (χ2v) is 5.31. The van der Waals surface area contributed by atoms with Gasteiger partial charge in [-0.2, -0.15) is 0 Å². The van der Waals surface area contributed by atoms with Crippen LogP contribution >= 0.6 is 23.2 Å². The minimum Gasteiger partial charge on any atom is -0.395 e. The number of nitrogens with zero attached hydrogens (tertiary/aromatic N) is 3. The molecule has 1 heterocycles. The van der Waals surface area contributed by atoms with E-state index in [2.05, 4.69) is 9.97 Å². The van der Waals surface area contributed by atoms with Crippen LogP contribution in [0.5, 0.6) is 0 Å². The standard InChI is InChI=1S/C13H15Cl2N3O/c1-8(2)18(3-4-19)13-7-16-11-5-9(14)10(15)6-12(11)17-13/h5-8,19H,3-4H2,1-2H3. The lowest BCUT2D eigenvalue weighted by Gasteiger charge is -2.26. The van der Waals surface area contributed by atoms with E-state index in [1.807, 2.05) is 18.7 Å². The van der Waals surface area contributed by atoms with Crippen LogP contribution in [0.2, 0.25) is 10.0 Å². The van der Waals surface area contributed by atoms with Crippen molar-refractivity contribution in [1.82, 2.24) is 9.97 Å². The highest BCUT2D eigenvalue weighted by Crippen LogP contribution is 2.27. The largest absolute Gasteiger partial charge is 0.395 e. The molecule has 0 saturated heterocycles. The topological polar surface area (TPSA) is 49.2 Å². The van der Waals surface area contributed by atoms with E-state index in [1.165, 1.54) is 0 Å². The highest BCUT2D eigenvalue weighted by molar-refractivity contribution is 6.42. The van der Waals surface area contributed by atoms with E-state index in [4.69, 9.17) is 28.3 Å². The molecule has 6 heteroatoms. The van der Waals surface area contributed by atoms with Crippen LogP contribution in [-0.2, 0) is 0 Å². The first kappa shape index (κ1) is 14.3. The van der Waals surface area contributed by atoms with E-state index in [-0.39, 0.29) is 12.6 Å². The number of benzene rings is 1. The number of aliphatic hydroxyl groups excluding tert-OH is 1. The Morgan fingerprint density at radius 3 is 2.42 bits per heavy atom. The van der Waals surface area contributed by atoms with Crippen molar-refractivity contribution in [3.05, 3.63) is 28.4 Å². The van der Waals surface area contributed by atoms with E-state index in [9.17, 15) is 0 Å². The van der Waals surface area contributed by atoms with Crippen LogP contribution < -0.4 is 4.90 Å². The summed E-state index contributed by atoms with van der Waals surface area (Å²) in [6.45, 7) is 4.66. The van der Waals surface area contributed by atoms with Crippen molar-refractivity contribution in [3.63, 3.8) is 0 Å². The van der Waals surface area contributed by atoms with Crippen molar-refractivity contribution in [2.45, 2.75) is 19.9 Å². The van der Waals surface area contributed by atoms with Gasteiger partial charge in [0.1, 0.15) is 5.82 Å². The summed E-state index contributed by atoms with van der Waals surface area (Å²) in [6.07, 6.45) is 1.68. The summed E-state index contributed by atoms with van der Waals surface area (Å²) in [6, 6.07) is 3.62. The number of hydrogen-bond acceptors (Lipinski definition) is 4. The third kappa shape index (κ3) is 3.08. The number of fused-ring (bicyclic) bond motifs is 1. The Hall–Kier alpha value is -1.10. The first-order valence-electron chi connectivity index (χ1n) is 6.02. The molecule has 0 unspecified atom stereocenters. The Morgan fingerprint density at radius 1 is 1.21 bits per heavy atom. The lowest BCUT2D eigenvalue weighted by Crippen LogP contribution is -2.34. The maximum Gasteiger partial charge on any atom is 0.148 e. The van der Waals surface area contributed by atoms with Crippen LogP contribution in [0.25, 0.3) is 11.0 Å².